The van der Waals surface area contributed by atoms with Crippen molar-refractivity contribution in [3.05, 3.63) is 104 Å². The van der Waals surface area contributed by atoms with E-state index in [1.165, 1.54) is 4.88 Å². The lowest BCUT2D eigenvalue weighted by Crippen LogP contribution is -2.57. The van der Waals surface area contributed by atoms with Crippen LogP contribution < -0.4 is 15.4 Å². The van der Waals surface area contributed by atoms with Crippen molar-refractivity contribution in [2.75, 3.05) is 13.2 Å². The molecule has 1 unspecified atom stereocenters. The minimum Gasteiger partial charge on any atom is -0.494 e. The maximum atomic E-state index is 13.7. The van der Waals surface area contributed by atoms with Gasteiger partial charge in [0, 0.05) is 44.9 Å². The van der Waals surface area contributed by atoms with Gasteiger partial charge < -0.3 is 10.1 Å². The molecule has 3 aliphatic heterocycles. The van der Waals surface area contributed by atoms with Crippen LogP contribution in [0.5, 0.6) is 5.75 Å². The smallest absolute Gasteiger partial charge is 0.262 e. The van der Waals surface area contributed by atoms with Crippen molar-refractivity contribution in [2.45, 2.75) is 71.4 Å². The van der Waals surface area contributed by atoms with Crippen molar-refractivity contribution < 1.29 is 28.7 Å². The van der Waals surface area contributed by atoms with Gasteiger partial charge in [0.05, 0.1) is 24.3 Å². The number of fused-ring (bicyclic) bond motifs is 3. The average Bonchev–Trinajstić information content (AvgIpc) is 3.65. The van der Waals surface area contributed by atoms with Crippen LogP contribution in [0.25, 0.3) is 15.8 Å². The number of hydrogen-bond acceptors (Lipinski definition) is 10. The Bertz CT molecular complexity index is 2490. The summed E-state index contributed by atoms with van der Waals surface area (Å²) in [6.07, 6.45) is 2.40. The van der Waals surface area contributed by atoms with Gasteiger partial charge >= 0.3 is 0 Å². The third kappa shape index (κ3) is 6.76. The number of nitrogens with one attached hydrogen (secondary N) is 2. The monoisotopic (exact) mass is 791 g/mol. The molecule has 8 rings (SSSR count). The predicted molar refractivity (Wildman–Crippen MR) is 211 cm³/mol. The van der Waals surface area contributed by atoms with Crippen LogP contribution in [-0.4, -0.2) is 74.1 Å². The Morgan fingerprint density at radius 1 is 0.982 bits per heavy atom. The van der Waals surface area contributed by atoms with E-state index in [1.807, 2.05) is 41.8 Å². The van der Waals surface area contributed by atoms with Gasteiger partial charge in [-0.2, -0.15) is 0 Å². The minimum atomic E-state index is -1.07. The summed E-state index contributed by atoms with van der Waals surface area (Å²) in [5.41, 5.74) is 4.42. The fourth-order valence-electron chi connectivity index (χ4n) is 7.60. The van der Waals surface area contributed by atoms with E-state index < -0.39 is 35.7 Å². The molecule has 0 saturated carbocycles. The summed E-state index contributed by atoms with van der Waals surface area (Å²) in [4.78, 5) is 72.1. The Hall–Kier alpha value is -5.73. The Labute approximate surface area is 331 Å². The summed E-state index contributed by atoms with van der Waals surface area (Å²) in [7, 11) is 0. The number of aryl methyl sites for hydroxylation is 2. The van der Waals surface area contributed by atoms with Crippen molar-refractivity contribution in [3.8, 4) is 10.8 Å². The number of aromatic nitrogens is 3. The highest BCUT2D eigenvalue weighted by atomic mass is 35.5. The molecule has 5 heterocycles. The second kappa shape index (κ2) is 15.1. The second-order valence-corrected chi connectivity index (χ2v) is 15.8. The number of piperidine rings is 1. The SMILES string of the molecule is Cc1sc2c(c1C)C(c1ccc(Cl)cc1)=N[C@@H](CC(=O)NCCCCCOc1cc3c4c(cccc4c1)C(=O)N(C1CCC(=O)NC1=O)C3=O)c1nnc(C)n1-2. The van der Waals surface area contributed by atoms with Gasteiger partial charge in [-0.05, 0) is 87.7 Å². The standard InChI is InChI=1S/C41H38ClN7O6S/c1-21-22(2)56-41-34(21)36(24-10-12-26(42)13-11-24)44-30(37-47-46-23(3)48(37)41)20-33(51)43-16-5-4-6-17-55-27-18-25-8-7-9-28-35(25)29(19-27)40(54)49(39(28)53)31-14-15-32(50)45-38(31)52/h7-13,18-19,30-31H,4-6,14-17,20H2,1-3H3,(H,43,51)(H,45,50,52)/t30-,31?/m0/s1. The number of unbranched alkanes of at least 4 members (excludes halogenated alkanes) is 2. The predicted octanol–water partition coefficient (Wildman–Crippen LogP) is 6.11. The van der Waals surface area contributed by atoms with E-state index in [0.29, 0.717) is 52.5 Å². The molecule has 0 radical (unpaired) electrons. The van der Waals surface area contributed by atoms with Crippen molar-refractivity contribution >= 4 is 69.0 Å². The van der Waals surface area contributed by atoms with Gasteiger partial charge in [-0.1, -0.05) is 35.9 Å². The van der Waals surface area contributed by atoms with Gasteiger partial charge in [-0.3, -0.25) is 43.7 Å². The highest BCUT2D eigenvalue weighted by Gasteiger charge is 2.43. The Kier molecular flexibility index (Phi) is 10.0. The molecule has 3 aromatic carbocycles. The topological polar surface area (TPSA) is 165 Å². The maximum Gasteiger partial charge on any atom is 0.262 e. The normalized spacial score (nSPS) is 17.6. The molecule has 13 nitrogen and oxygen atoms in total. The maximum absolute atomic E-state index is 13.7. The quantitative estimate of drug-likeness (QED) is 0.120. The van der Waals surface area contributed by atoms with Crippen molar-refractivity contribution in [1.82, 2.24) is 30.3 Å². The number of rotatable bonds is 11. The van der Waals surface area contributed by atoms with Gasteiger partial charge in [0.15, 0.2) is 5.82 Å². The molecule has 0 aliphatic carbocycles. The Morgan fingerprint density at radius 3 is 2.55 bits per heavy atom. The molecule has 2 aromatic heterocycles. The molecule has 0 bridgehead atoms. The van der Waals surface area contributed by atoms with E-state index in [-0.39, 0.29) is 30.7 Å². The average molecular weight is 792 g/mol. The molecule has 2 atom stereocenters. The highest BCUT2D eigenvalue weighted by molar-refractivity contribution is 7.15. The molecule has 5 aromatic rings. The van der Waals surface area contributed by atoms with Gasteiger partial charge in [-0.15, -0.1) is 21.5 Å². The van der Waals surface area contributed by atoms with Gasteiger partial charge in [0.2, 0.25) is 17.7 Å². The molecule has 0 spiro atoms. The van der Waals surface area contributed by atoms with Crippen LogP contribution in [-0.2, 0) is 14.4 Å². The summed E-state index contributed by atoms with van der Waals surface area (Å²) in [6, 6.07) is 14.5. The molecule has 3 aliphatic rings. The van der Waals surface area contributed by atoms with E-state index in [9.17, 15) is 24.0 Å². The van der Waals surface area contributed by atoms with Crippen LogP contribution in [0.2, 0.25) is 5.02 Å². The van der Waals surface area contributed by atoms with Gasteiger partial charge in [-0.25, -0.2) is 0 Å². The van der Waals surface area contributed by atoms with Crippen LogP contribution in [0, 0.1) is 20.8 Å². The molecule has 1 fully saturated rings. The van der Waals surface area contributed by atoms with Crippen LogP contribution in [0.3, 0.4) is 0 Å². The Morgan fingerprint density at radius 2 is 1.77 bits per heavy atom. The lowest BCUT2D eigenvalue weighted by molar-refractivity contribution is -0.136. The number of benzene rings is 3. The lowest BCUT2D eigenvalue weighted by Gasteiger charge is -2.34. The number of thiophene rings is 1. The fourth-order valence-corrected chi connectivity index (χ4v) is 8.94. The summed E-state index contributed by atoms with van der Waals surface area (Å²) in [6.45, 7) is 6.92. The molecule has 56 heavy (non-hydrogen) atoms. The van der Waals surface area contributed by atoms with Crippen LogP contribution >= 0.6 is 22.9 Å². The first-order chi connectivity index (χ1) is 27.0. The first-order valence-electron chi connectivity index (χ1n) is 18.5. The van der Waals surface area contributed by atoms with Crippen molar-refractivity contribution in [2.24, 2.45) is 4.99 Å². The van der Waals surface area contributed by atoms with Crippen molar-refractivity contribution in [3.63, 3.8) is 0 Å². The number of aliphatic imine (C=N–C) groups is 1. The third-order valence-electron chi connectivity index (χ3n) is 10.5. The molecule has 5 amide bonds. The van der Waals surface area contributed by atoms with E-state index in [2.05, 4.69) is 34.7 Å². The lowest BCUT2D eigenvalue weighted by atomic mass is 9.91. The van der Waals surface area contributed by atoms with Gasteiger partial charge in [0.25, 0.3) is 11.8 Å². The first kappa shape index (κ1) is 37.2. The van der Waals surface area contributed by atoms with E-state index in [0.717, 1.165) is 51.0 Å². The fraction of sp³-hybridized carbons (Fsp3) is 0.317. The number of hydrogen-bond donors (Lipinski definition) is 2. The zero-order chi connectivity index (χ0) is 39.2. The molecular formula is C41H38ClN7O6S. The van der Waals surface area contributed by atoms with Crippen LogP contribution in [0.1, 0.15) is 98.5 Å². The second-order valence-electron chi connectivity index (χ2n) is 14.2. The van der Waals surface area contributed by atoms with Crippen LogP contribution in [0.4, 0.5) is 0 Å². The molecule has 15 heteroatoms. The Balaban J connectivity index is 0.888. The molecule has 1 saturated heterocycles. The zero-order valence-corrected chi connectivity index (χ0v) is 32.6. The number of ether oxygens (including phenoxy) is 1. The van der Waals surface area contributed by atoms with E-state index in [4.69, 9.17) is 21.3 Å². The van der Waals surface area contributed by atoms with Crippen LogP contribution in [0.15, 0.2) is 59.6 Å². The number of imide groups is 2. The minimum absolute atomic E-state index is 0.0398. The summed E-state index contributed by atoms with van der Waals surface area (Å²) in [5.74, 6) is -0.575. The third-order valence-corrected chi connectivity index (χ3v) is 12.0. The number of nitrogens with zero attached hydrogens (tertiary/aromatic N) is 5. The molecule has 2 N–H and O–H groups in total. The van der Waals surface area contributed by atoms with Crippen molar-refractivity contribution in [1.29, 1.82) is 0 Å². The molecular weight excluding hydrogens is 754 g/mol. The number of halogens is 1. The number of amides is 5. The van der Waals surface area contributed by atoms with Gasteiger partial charge in [0.1, 0.15) is 28.7 Å². The van der Waals surface area contributed by atoms with E-state index >= 15 is 0 Å². The number of carbonyl (C=O) groups excluding carboxylic acids is 5. The number of carbonyl (C=O) groups is 5. The summed E-state index contributed by atoms with van der Waals surface area (Å²) < 4.78 is 8.10. The highest BCUT2D eigenvalue weighted by Crippen LogP contribution is 2.40. The summed E-state index contributed by atoms with van der Waals surface area (Å²) in [5, 5.41) is 17.0. The largest absolute Gasteiger partial charge is 0.494 e. The summed E-state index contributed by atoms with van der Waals surface area (Å²) >= 11 is 7.89. The molecule has 286 valence electrons. The zero-order valence-electron chi connectivity index (χ0n) is 31.0. The van der Waals surface area contributed by atoms with E-state index in [1.54, 1.807) is 35.6 Å². The first-order valence-corrected chi connectivity index (χ1v) is 19.7.